The number of carbonyl (C=O) groups is 2. The van der Waals surface area contributed by atoms with Crippen molar-refractivity contribution in [2.75, 3.05) is 19.0 Å². The van der Waals surface area contributed by atoms with E-state index >= 15 is 0 Å². The molecular weight excluding hydrogens is 837 g/mol. The van der Waals surface area contributed by atoms with Crippen molar-refractivity contribution in [2.45, 2.75) is 295 Å². The summed E-state index contributed by atoms with van der Waals surface area (Å²) in [6.45, 7) is 3.82. The summed E-state index contributed by atoms with van der Waals surface area (Å²) in [7, 11) is -4.60. The number of aliphatic hydroxyl groups is 3. The van der Waals surface area contributed by atoms with Gasteiger partial charge in [0.2, 0.25) is 0 Å². The molecule has 1 heterocycles. The molecule has 0 spiro atoms. The van der Waals surface area contributed by atoms with E-state index in [1.165, 1.54) is 180 Å². The molecule has 1 aliphatic rings. The average Bonchev–Trinajstić information content (AvgIpc) is 3.26. The van der Waals surface area contributed by atoms with Crippen LogP contribution in [0.4, 0.5) is 0 Å². The lowest BCUT2D eigenvalue weighted by Gasteiger charge is -2.40. The Kier molecular flexibility index (Phi) is 39.6. The molecule has 1 rings (SSSR count). The zero-order valence-electron chi connectivity index (χ0n) is 40.9. The van der Waals surface area contributed by atoms with Crippen molar-refractivity contribution in [1.29, 1.82) is 0 Å². The van der Waals surface area contributed by atoms with Gasteiger partial charge in [-0.15, -0.1) is 0 Å². The molecule has 0 aromatic heterocycles. The first-order valence-corrected chi connectivity index (χ1v) is 28.2. The minimum absolute atomic E-state index is 0.173. The SMILES string of the molecule is CCCCCCCCCCCCCCCCCCCCCCCC(=O)O[C@H](COC(=O)CCCCCCCCCCCCCCCCC)CO[C@H]1O[C@H](CS(=O)(=O)O)[C@@H](O)C(O)C1O. The minimum Gasteiger partial charge on any atom is -0.462 e. The molecule has 0 radical (unpaired) electrons. The fourth-order valence-electron chi connectivity index (χ4n) is 8.56. The molecule has 2 unspecified atom stereocenters. The van der Waals surface area contributed by atoms with E-state index in [0.717, 1.165) is 38.5 Å². The Morgan fingerprint density at radius 1 is 0.469 bits per heavy atom. The van der Waals surface area contributed by atoms with Crippen LogP contribution in [0.25, 0.3) is 0 Å². The van der Waals surface area contributed by atoms with Gasteiger partial charge in [0.25, 0.3) is 10.1 Å². The maximum Gasteiger partial charge on any atom is 0.306 e. The highest BCUT2D eigenvalue weighted by Crippen LogP contribution is 2.24. The molecule has 0 bridgehead atoms. The molecular formula is C51H98O12S. The normalized spacial score (nSPS) is 19.5. The van der Waals surface area contributed by atoms with Crippen LogP contribution in [0.1, 0.15) is 258 Å². The largest absolute Gasteiger partial charge is 0.462 e. The van der Waals surface area contributed by atoms with Gasteiger partial charge in [-0.05, 0) is 12.8 Å². The van der Waals surface area contributed by atoms with E-state index in [1.807, 2.05) is 0 Å². The van der Waals surface area contributed by atoms with Gasteiger partial charge < -0.3 is 34.3 Å². The first-order valence-electron chi connectivity index (χ1n) is 26.6. The second-order valence-electron chi connectivity index (χ2n) is 18.9. The van der Waals surface area contributed by atoms with E-state index in [-0.39, 0.29) is 19.4 Å². The standard InChI is InChI=1S/C51H98O12S/c1-3-5-7-9-11-13-15-17-19-20-21-22-23-24-26-28-30-32-34-36-38-40-47(53)62-44(42-61-51-50(56)49(55)48(54)45(63-51)43-64(57,58)59)41-60-46(52)39-37-35-33-31-29-27-25-18-16-14-12-10-8-6-4-2/h44-45,48-51,54-56H,3-43H2,1-2H3,(H,57,58,59)/t44-,45-,48-,49?,50?,51+/m1/s1. The first kappa shape index (κ1) is 60.7. The molecule has 4 N–H and O–H groups in total. The molecule has 12 nitrogen and oxygen atoms in total. The fourth-order valence-corrected chi connectivity index (χ4v) is 9.25. The summed E-state index contributed by atoms with van der Waals surface area (Å²) in [5.74, 6) is -1.96. The molecule has 0 aliphatic carbocycles. The maximum absolute atomic E-state index is 12.9. The molecule has 0 amide bonds. The molecule has 1 aliphatic heterocycles. The topological polar surface area (TPSA) is 186 Å². The van der Waals surface area contributed by atoms with Crippen molar-refractivity contribution in [3.05, 3.63) is 0 Å². The van der Waals surface area contributed by atoms with Gasteiger partial charge in [0.1, 0.15) is 36.8 Å². The van der Waals surface area contributed by atoms with Crippen LogP contribution in [-0.4, -0.2) is 96.0 Å². The number of unbranched alkanes of at least 4 members (excludes halogenated alkanes) is 34. The van der Waals surface area contributed by atoms with Gasteiger partial charge in [0.15, 0.2) is 12.4 Å². The second-order valence-corrected chi connectivity index (χ2v) is 20.4. The zero-order chi connectivity index (χ0) is 46.9. The Labute approximate surface area is 391 Å². The van der Waals surface area contributed by atoms with Gasteiger partial charge in [-0.1, -0.05) is 232 Å². The van der Waals surface area contributed by atoms with Crippen molar-refractivity contribution in [2.24, 2.45) is 0 Å². The van der Waals surface area contributed by atoms with Crippen molar-refractivity contribution >= 4 is 22.1 Å². The van der Waals surface area contributed by atoms with Crippen LogP contribution < -0.4 is 0 Å². The lowest BCUT2D eigenvalue weighted by atomic mass is 10.00. The Bertz CT molecular complexity index is 1190. The summed E-state index contributed by atoms with van der Waals surface area (Å²) in [5.41, 5.74) is 0. The van der Waals surface area contributed by atoms with Crippen LogP contribution in [0.3, 0.4) is 0 Å². The van der Waals surface area contributed by atoms with E-state index < -0.39 is 71.2 Å². The summed E-state index contributed by atoms with van der Waals surface area (Å²) in [6.07, 6.45) is 35.7. The number of esters is 2. The summed E-state index contributed by atoms with van der Waals surface area (Å²) in [4.78, 5) is 25.5. The van der Waals surface area contributed by atoms with Crippen LogP contribution in [0, 0.1) is 0 Å². The molecule has 0 aromatic rings. The molecule has 13 heteroatoms. The number of aliphatic hydroxyl groups excluding tert-OH is 3. The van der Waals surface area contributed by atoms with Crippen molar-refractivity contribution in [3.8, 4) is 0 Å². The van der Waals surface area contributed by atoms with Gasteiger partial charge in [-0.3, -0.25) is 14.1 Å². The van der Waals surface area contributed by atoms with E-state index in [9.17, 15) is 37.9 Å². The Hall–Kier alpha value is -1.35. The molecule has 64 heavy (non-hydrogen) atoms. The number of ether oxygens (including phenoxy) is 4. The average molecular weight is 935 g/mol. The van der Waals surface area contributed by atoms with E-state index in [0.29, 0.717) is 12.8 Å². The summed E-state index contributed by atoms with van der Waals surface area (Å²) in [6, 6.07) is 0. The van der Waals surface area contributed by atoms with Gasteiger partial charge in [0, 0.05) is 12.8 Å². The van der Waals surface area contributed by atoms with Gasteiger partial charge >= 0.3 is 11.9 Å². The first-order chi connectivity index (χ1) is 31.0. The third-order valence-electron chi connectivity index (χ3n) is 12.7. The van der Waals surface area contributed by atoms with Crippen LogP contribution in [-0.2, 0) is 38.7 Å². The lowest BCUT2D eigenvalue weighted by Crippen LogP contribution is -2.60. The molecule has 1 fully saturated rings. The summed E-state index contributed by atoms with van der Waals surface area (Å²) >= 11 is 0. The zero-order valence-corrected chi connectivity index (χ0v) is 41.7. The Morgan fingerprint density at radius 2 is 0.797 bits per heavy atom. The van der Waals surface area contributed by atoms with Gasteiger partial charge in [0.05, 0.1) is 6.61 Å². The lowest BCUT2D eigenvalue weighted by molar-refractivity contribution is -0.297. The fraction of sp³-hybridized carbons (Fsp3) is 0.961. The van der Waals surface area contributed by atoms with Crippen LogP contribution in [0.2, 0.25) is 0 Å². The highest BCUT2D eigenvalue weighted by molar-refractivity contribution is 7.85. The van der Waals surface area contributed by atoms with Gasteiger partial charge in [-0.2, -0.15) is 8.42 Å². The van der Waals surface area contributed by atoms with Crippen molar-refractivity contribution < 1.29 is 56.8 Å². The summed E-state index contributed by atoms with van der Waals surface area (Å²) < 4.78 is 54.3. The number of carbonyl (C=O) groups excluding carboxylic acids is 2. The summed E-state index contributed by atoms with van der Waals surface area (Å²) in [5, 5.41) is 31.0. The third-order valence-corrected chi connectivity index (χ3v) is 13.4. The van der Waals surface area contributed by atoms with Crippen molar-refractivity contribution in [3.63, 3.8) is 0 Å². The van der Waals surface area contributed by atoms with Crippen LogP contribution in [0.5, 0.6) is 0 Å². The molecule has 6 atom stereocenters. The molecule has 380 valence electrons. The maximum atomic E-state index is 12.9. The highest BCUT2D eigenvalue weighted by Gasteiger charge is 2.46. The second kappa shape index (κ2) is 41.8. The van der Waals surface area contributed by atoms with E-state index in [2.05, 4.69) is 13.8 Å². The molecule has 0 saturated carbocycles. The molecule has 1 saturated heterocycles. The quantitative estimate of drug-likeness (QED) is 0.0257. The number of hydrogen-bond acceptors (Lipinski definition) is 11. The Balaban J connectivity index is 2.33. The highest BCUT2D eigenvalue weighted by atomic mass is 32.2. The van der Waals surface area contributed by atoms with Crippen molar-refractivity contribution in [1.82, 2.24) is 0 Å². The Morgan fingerprint density at radius 3 is 1.14 bits per heavy atom. The predicted octanol–water partition coefficient (Wildman–Crippen LogP) is 12.0. The van der Waals surface area contributed by atoms with Gasteiger partial charge in [-0.25, -0.2) is 0 Å². The van der Waals surface area contributed by atoms with Crippen LogP contribution in [0.15, 0.2) is 0 Å². The molecule has 0 aromatic carbocycles. The van der Waals surface area contributed by atoms with E-state index in [4.69, 9.17) is 18.9 Å². The van der Waals surface area contributed by atoms with E-state index in [1.54, 1.807) is 0 Å². The smallest absolute Gasteiger partial charge is 0.306 e. The van der Waals surface area contributed by atoms with Crippen LogP contribution >= 0.6 is 0 Å². The monoisotopic (exact) mass is 935 g/mol. The minimum atomic E-state index is -4.60. The number of rotatable bonds is 46. The third kappa shape index (κ3) is 35.8. The predicted molar refractivity (Wildman–Crippen MR) is 257 cm³/mol. The number of hydrogen-bond donors (Lipinski definition) is 4.